The van der Waals surface area contributed by atoms with Gasteiger partial charge in [0.25, 0.3) is 5.91 Å². The van der Waals surface area contributed by atoms with Gasteiger partial charge in [-0.15, -0.1) is 0 Å². The maximum atomic E-state index is 12.5. The quantitative estimate of drug-likeness (QED) is 0.775. The zero-order valence-corrected chi connectivity index (χ0v) is 14.7. The van der Waals surface area contributed by atoms with Gasteiger partial charge in [0.15, 0.2) is 11.5 Å². The van der Waals surface area contributed by atoms with Gasteiger partial charge in [-0.3, -0.25) is 9.89 Å². The first-order valence-electron chi connectivity index (χ1n) is 8.76. The summed E-state index contributed by atoms with van der Waals surface area (Å²) in [5.41, 5.74) is 1.99. The Balaban J connectivity index is 1.73. The van der Waals surface area contributed by atoms with Crippen LogP contribution in [0.4, 0.5) is 11.5 Å². The number of carbonyl (C=O) groups is 1. The number of anilines is 2. The minimum atomic E-state index is -0.248. The van der Waals surface area contributed by atoms with E-state index in [9.17, 15) is 9.90 Å². The van der Waals surface area contributed by atoms with E-state index in [1.165, 1.54) is 0 Å². The van der Waals surface area contributed by atoms with Gasteiger partial charge in [-0.05, 0) is 42.9 Å². The van der Waals surface area contributed by atoms with Crippen molar-refractivity contribution in [3.05, 3.63) is 35.8 Å². The Bertz CT molecular complexity index is 720. The van der Waals surface area contributed by atoms with Crippen molar-refractivity contribution in [3.8, 4) is 0 Å². The molecule has 0 saturated carbocycles. The van der Waals surface area contributed by atoms with E-state index in [0.717, 1.165) is 37.4 Å². The van der Waals surface area contributed by atoms with Gasteiger partial charge < -0.3 is 15.3 Å². The van der Waals surface area contributed by atoms with Gasteiger partial charge in [-0.1, -0.05) is 13.8 Å². The van der Waals surface area contributed by atoms with Gasteiger partial charge in [0, 0.05) is 31.6 Å². The molecular formula is C18H25N5O2. The topological polar surface area (TPSA) is 94.1 Å². The Hall–Kier alpha value is -2.41. The molecule has 0 bridgehead atoms. The van der Waals surface area contributed by atoms with Crippen molar-refractivity contribution in [2.24, 2.45) is 5.92 Å². The van der Waals surface area contributed by atoms with E-state index < -0.39 is 0 Å². The summed E-state index contributed by atoms with van der Waals surface area (Å²) >= 11 is 0. The molecule has 3 N–H and O–H groups in total. The highest BCUT2D eigenvalue weighted by Gasteiger charge is 2.22. The predicted octanol–water partition coefficient (Wildman–Crippen LogP) is 2.39. The number of nitrogens with one attached hydrogen (secondary N) is 2. The Labute approximate surface area is 147 Å². The number of H-pyrrole nitrogens is 1. The standard InChI is InChI=1S/C18H25N5O2/c1-12(2)15-10-16(22-21-15)18(25)20-14-4-3-7-19-17(14)23-8-5-13(11-24)6-9-23/h3-4,7,10,12-13,24H,5-6,8-9,11H2,1-2H3,(H,20,25)(H,21,22). The van der Waals surface area contributed by atoms with Crippen LogP contribution in [0.1, 0.15) is 48.8 Å². The van der Waals surface area contributed by atoms with Crippen LogP contribution in [0.3, 0.4) is 0 Å². The zero-order chi connectivity index (χ0) is 17.8. The Morgan fingerprint density at radius 1 is 1.44 bits per heavy atom. The van der Waals surface area contributed by atoms with E-state index in [1.54, 1.807) is 12.3 Å². The first-order valence-corrected chi connectivity index (χ1v) is 8.76. The number of nitrogens with zero attached hydrogens (tertiary/aromatic N) is 3. The second kappa shape index (κ2) is 7.65. The van der Waals surface area contributed by atoms with Gasteiger partial charge in [-0.2, -0.15) is 5.10 Å². The second-order valence-corrected chi connectivity index (χ2v) is 6.80. The lowest BCUT2D eigenvalue weighted by Gasteiger charge is -2.33. The molecule has 1 aliphatic rings. The van der Waals surface area contributed by atoms with Gasteiger partial charge >= 0.3 is 0 Å². The van der Waals surface area contributed by atoms with Crippen LogP contribution in [0, 0.1) is 5.92 Å². The highest BCUT2D eigenvalue weighted by atomic mass is 16.3. The van der Waals surface area contributed by atoms with Crippen molar-refractivity contribution in [2.75, 3.05) is 29.9 Å². The fraction of sp³-hybridized carbons (Fsp3) is 0.500. The number of pyridine rings is 1. The Morgan fingerprint density at radius 3 is 2.84 bits per heavy atom. The third-order valence-corrected chi connectivity index (χ3v) is 4.66. The first-order chi connectivity index (χ1) is 12.1. The van der Waals surface area contributed by atoms with Crippen LogP contribution in [-0.2, 0) is 0 Å². The number of rotatable bonds is 5. The fourth-order valence-corrected chi connectivity index (χ4v) is 3.01. The first kappa shape index (κ1) is 17.4. The Kier molecular flexibility index (Phi) is 5.33. The summed E-state index contributed by atoms with van der Waals surface area (Å²) in [5, 5.41) is 19.2. The number of amides is 1. The van der Waals surface area contributed by atoms with Crippen LogP contribution in [0.5, 0.6) is 0 Å². The van der Waals surface area contributed by atoms with Gasteiger partial charge in [-0.25, -0.2) is 4.98 Å². The highest BCUT2D eigenvalue weighted by molar-refractivity contribution is 6.04. The molecule has 3 heterocycles. The van der Waals surface area contributed by atoms with E-state index in [4.69, 9.17) is 0 Å². The van der Waals surface area contributed by atoms with Crippen LogP contribution in [0.2, 0.25) is 0 Å². The van der Waals surface area contributed by atoms with Crippen molar-refractivity contribution in [1.29, 1.82) is 0 Å². The van der Waals surface area contributed by atoms with E-state index in [1.807, 2.05) is 26.0 Å². The number of piperidine rings is 1. The number of aliphatic hydroxyl groups excluding tert-OH is 1. The SMILES string of the molecule is CC(C)c1cc(C(=O)Nc2cccnc2N2CCC(CO)CC2)n[nH]1. The lowest BCUT2D eigenvalue weighted by Crippen LogP contribution is -2.35. The van der Waals surface area contributed by atoms with E-state index in [-0.39, 0.29) is 18.4 Å². The van der Waals surface area contributed by atoms with Gasteiger partial charge in [0.05, 0.1) is 5.69 Å². The molecule has 0 atom stereocenters. The summed E-state index contributed by atoms with van der Waals surface area (Å²) < 4.78 is 0. The van der Waals surface area contributed by atoms with Crippen molar-refractivity contribution in [2.45, 2.75) is 32.6 Å². The third kappa shape index (κ3) is 3.99. The van der Waals surface area contributed by atoms with Crippen LogP contribution < -0.4 is 10.2 Å². The minimum absolute atomic E-state index is 0.233. The van der Waals surface area contributed by atoms with Crippen LogP contribution in [-0.4, -0.2) is 45.9 Å². The lowest BCUT2D eigenvalue weighted by atomic mass is 9.98. The van der Waals surface area contributed by atoms with Crippen LogP contribution in [0.25, 0.3) is 0 Å². The number of carbonyl (C=O) groups excluding carboxylic acids is 1. The average molecular weight is 343 g/mol. The molecule has 2 aromatic heterocycles. The van der Waals surface area contributed by atoms with Crippen molar-refractivity contribution < 1.29 is 9.90 Å². The molecule has 1 aliphatic heterocycles. The predicted molar refractivity (Wildman–Crippen MR) is 96.9 cm³/mol. The molecule has 7 nitrogen and oxygen atoms in total. The minimum Gasteiger partial charge on any atom is -0.396 e. The summed E-state index contributed by atoms with van der Waals surface area (Å²) in [5.74, 6) is 1.17. The molecule has 0 aliphatic carbocycles. The monoisotopic (exact) mass is 343 g/mol. The number of aliphatic hydroxyl groups is 1. The molecule has 134 valence electrons. The number of hydrogen-bond acceptors (Lipinski definition) is 5. The van der Waals surface area contributed by atoms with E-state index in [0.29, 0.717) is 17.3 Å². The summed E-state index contributed by atoms with van der Waals surface area (Å²) in [7, 11) is 0. The molecule has 25 heavy (non-hydrogen) atoms. The smallest absolute Gasteiger partial charge is 0.276 e. The zero-order valence-electron chi connectivity index (χ0n) is 14.7. The Morgan fingerprint density at radius 2 is 2.20 bits per heavy atom. The summed E-state index contributed by atoms with van der Waals surface area (Å²) in [6.45, 7) is 5.97. The molecule has 0 radical (unpaired) electrons. The van der Waals surface area contributed by atoms with Gasteiger partial charge in [0.1, 0.15) is 0 Å². The second-order valence-electron chi connectivity index (χ2n) is 6.80. The molecule has 2 aromatic rings. The number of hydrogen-bond donors (Lipinski definition) is 3. The summed E-state index contributed by atoms with van der Waals surface area (Å²) in [6, 6.07) is 5.45. The summed E-state index contributed by atoms with van der Waals surface area (Å²) in [4.78, 5) is 19.1. The maximum absolute atomic E-state index is 12.5. The van der Waals surface area contributed by atoms with Gasteiger partial charge in [0.2, 0.25) is 0 Å². The van der Waals surface area contributed by atoms with Crippen molar-refractivity contribution in [1.82, 2.24) is 15.2 Å². The molecule has 1 fully saturated rings. The molecule has 1 saturated heterocycles. The molecule has 1 amide bonds. The molecule has 0 aromatic carbocycles. The fourth-order valence-electron chi connectivity index (χ4n) is 3.01. The lowest BCUT2D eigenvalue weighted by molar-refractivity contribution is 0.102. The van der Waals surface area contributed by atoms with E-state index >= 15 is 0 Å². The molecule has 0 unspecified atom stereocenters. The average Bonchev–Trinajstić information content (AvgIpc) is 3.13. The van der Waals surface area contributed by atoms with Crippen LogP contribution >= 0.6 is 0 Å². The van der Waals surface area contributed by atoms with Crippen molar-refractivity contribution >= 4 is 17.4 Å². The van der Waals surface area contributed by atoms with Crippen molar-refractivity contribution in [3.63, 3.8) is 0 Å². The van der Waals surface area contributed by atoms with E-state index in [2.05, 4.69) is 25.4 Å². The molecule has 0 spiro atoms. The molecular weight excluding hydrogens is 318 g/mol. The maximum Gasteiger partial charge on any atom is 0.276 e. The third-order valence-electron chi connectivity index (χ3n) is 4.66. The normalized spacial score (nSPS) is 15.6. The highest BCUT2D eigenvalue weighted by Crippen LogP contribution is 2.28. The molecule has 3 rings (SSSR count). The summed E-state index contributed by atoms with van der Waals surface area (Å²) in [6.07, 6.45) is 3.59. The van der Waals surface area contributed by atoms with Crippen LogP contribution in [0.15, 0.2) is 24.4 Å². The largest absolute Gasteiger partial charge is 0.396 e. The molecule has 7 heteroatoms. The number of aromatic nitrogens is 3. The number of aromatic amines is 1.